The summed E-state index contributed by atoms with van der Waals surface area (Å²) in [5, 5.41) is 2.76. The Morgan fingerprint density at radius 2 is 1.65 bits per heavy atom. The van der Waals surface area contributed by atoms with Crippen LogP contribution in [0.15, 0.2) is 54.6 Å². The fraction of sp³-hybridized carbons (Fsp3) is 0.296. The molecule has 1 fully saturated rings. The third-order valence-electron chi connectivity index (χ3n) is 6.34. The molecule has 1 saturated heterocycles. The molecule has 3 aromatic rings. The summed E-state index contributed by atoms with van der Waals surface area (Å²) in [6, 6.07) is 16.3. The molecule has 0 bridgehead atoms. The number of Topliss-reactive ketones (excluding diaryl/α,β-unsaturated/α-hetero) is 1. The Bertz CT molecular complexity index is 1260. The Morgan fingerprint density at radius 3 is 2.26 bits per heavy atom. The Kier molecular flexibility index (Phi) is 6.04. The van der Waals surface area contributed by atoms with E-state index in [1.807, 2.05) is 80.8 Å². The molecule has 2 aromatic carbocycles. The minimum Gasteiger partial charge on any atom is -0.494 e. The minimum absolute atomic E-state index is 0.290. The zero-order valence-corrected chi connectivity index (χ0v) is 20.1. The number of aryl methyl sites for hydroxylation is 2. The standard InChI is InChI=1S/C27H29N3O4/c1-6-34-22-13-11-21(12-14-22)30-18(3)15-23(19(30)4)24(31)16-29-25(32)27(5,28-26(29)33)20-9-7-17(2)8-10-20/h7-15H,6,16H2,1-5H3,(H,28,33). The lowest BCUT2D eigenvalue weighted by Crippen LogP contribution is -2.41. The summed E-state index contributed by atoms with van der Waals surface area (Å²) >= 11 is 0. The Morgan fingerprint density at radius 1 is 1.00 bits per heavy atom. The fourth-order valence-corrected chi connectivity index (χ4v) is 4.45. The van der Waals surface area contributed by atoms with Crippen molar-refractivity contribution in [1.82, 2.24) is 14.8 Å². The monoisotopic (exact) mass is 459 g/mol. The van der Waals surface area contributed by atoms with E-state index in [0.29, 0.717) is 17.7 Å². The molecule has 1 unspecified atom stereocenters. The predicted octanol–water partition coefficient (Wildman–Crippen LogP) is 4.45. The molecular formula is C27H29N3O4. The molecule has 0 spiro atoms. The molecule has 34 heavy (non-hydrogen) atoms. The highest BCUT2D eigenvalue weighted by Crippen LogP contribution is 2.30. The van der Waals surface area contributed by atoms with Crippen molar-refractivity contribution in [3.8, 4) is 11.4 Å². The number of carbonyl (C=O) groups is 3. The van der Waals surface area contributed by atoms with Crippen LogP contribution >= 0.6 is 0 Å². The number of amides is 3. The SMILES string of the molecule is CCOc1ccc(-n2c(C)cc(C(=O)CN3C(=O)NC(C)(c4ccc(C)cc4)C3=O)c2C)cc1. The first-order valence-corrected chi connectivity index (χ1v) is 11.3. The lowest BCUT2D eigenvalue weighted by atomic mass is 9.91. The topological polar surface area (TPSA) is 80.6 Å². The van der Waals surface area contributed by atoms with E-state index in [2.05, 4.69) is 5.32 Å². The number of carbonyl (C=O) groups excluding carboxylic acids is 3. The molecule has 7 nitrogen and oxygen atoms in total. The quantitative estimate of drug-likeness (QED) is 0.418. The highest BCUT2D eigenvalue weighted by atomic mass is 16.5. The van der Waals surface area contributed by atoms with E-state index < -0.39 is 17.5 Å². The summed E-state index contributed by atoms with van der Waals surface area (Å²) in [5.41, 5.74) is 3.55. The molecule has 1 aliphatic heterocycles. The first-order chi connectivity index (χ1) is 16.2. The zero-order valence-electron chi connectivity index (χ0n) is 20.1. The van der Waals surface area contributed by atoms with Crippen LogP contribution in [0.5, 0.6) is 5.75 Å². The van der Waals surface area contributed by atoms with Gasteiger partial charge in [0.1, 0.15) is 11.3 Å². The third kappa shape index (κ3) is 3.98. The molecule has 1 aromatic heterocycles. The first kappa shape index (κ1) is 23.3. The van der Waals surface area contributed by atoms with Gasteiger partial charge in [0.15, 0.2) is 5.78 Å². The van der Waals surface area contributed by atoms with E-state index in [0.717, 1.165) is 33.3 Å². The number of hydrogen-bond donors (Lipinski definition) is 1. The second-order valence-electron chi connectivity index (χ2n) is 8.78. The van der Waals surface area contributed by atoms with Gasteiger partial charge in [0.25, 0.3) is 5.91 Å². The summed E-state index contributed by atoms with van der Waals surface area (Å²) in [7, 11) is 0. The van der Waals surface area contributed by atoms with Gasteiger partial charge in [0.2, 0.25) is 0 Å². The van der Waals surface area contributed by atoms with Crippen LogP contribution in [0, 0.1) is 20.8 Å². The van der Waals surface area contributed by atoms with Gasteiger partial charge < -0.3 is 14.6 Å². The Balaban J connectivity index is 1.57. The van der Waals surface area contributed by atoms with Crippen LogP contribution < -0.4 is 10.1 Å². The molecule has 176 valence electrons. The smallest absolute Gasteiger partial charge is 0.325 e. The van der Waals surface area contributed by atoms with Gasteiger partial charge in [0.05, 0.1) is 13.2 Å². The molecule has 0 radical (unpaired) electrons. The highest BCUT2D eigenvalue weighted by molar-refractivity contribution is 6.11. The van der Waals surface area contributed by atoms with Crippen molar-refractivity contribution in [3.63, 3.8) is 0 Å². The predicted molar refractivity (Wildman–Crippen MR) is 130 cm³/mol. The molecule has 3 amide bonds. The van der Waals surface area contributed by atoms with Crippen LogP contribution in [0.25, 0.3) is 5.69 Å². The number of aromatic nitrogens is 1. The minimum atomic E-state index is -1.20. The van der Waals surface area contributed by atoms with E-state index in [4.69, 9.17) is 4.74 Å². The molecule has 0 saturated carbocycles. The maximum absolute atomic E-state index is 13.2. The average Bonchev–Trinajstić information content (AvgIpc) is 3.22. The van der Waals surface area contributed by atoms with Crippen molar-refractivity contribution >= 4 is 17.7 Å². The molecule has 2 heterocycles. The maximum atomic E-state index is 13.2. The van der Waals surface area contributed by atoms with E-state index >= 15 is 0 Å². The van der Waals surface area contributed by atoms with Crippen LogP contribution in [0.2, 0.25) is 0 Å². The van der Waals surface area contributed by atoms with Crippen molar-refractivity contribution in [2.24, 2.45) is 0 Å². The van der Waals surface area contributed by atoms with E-state index in [9.17, 15) is 14.4 Å². The summed E-state index contributed by atoms with van der Waals surface area (Å²) < 4.78 is 7.49. The lowest BCUT2D eigenvalue weighted by Gasteiger charge is -2.22. The van der Waals surface area contributed by atoms with Crippen LogP contribution in [0.4, 0.5) is 4.79 Å². The molecule has 1 aliphatic rings. The third-order valence-corrected chi connectivity index (χ3v) is 6.34. The number of hydrogen-bond acceptors (Lipinski definition) is 4. The van der Waals surface area contributed by atoms with Gasteiger partial charge in [-0.1, -0.05) is 29.8 Å². The number of benzene rings is 2. The van der Waals surface area contributed by atoms with Gasteiger partial charge in [-0.25, -0.2) is 4.79 Å². The number of imide groups is 1. The van der Waals surface area contributed by atoms with Crippen LogP contribution in [0.1, 0.15) is 46.7 Å². The second kappa shape index (κ2) is 8.82. The number of urea groups is 1. The number of ether oxygens (including phenoxy) is 1. The number of rotatable bonds is 7. The van der Waals surface area contributed by atoms with Gasteiger partial charge in [0, 0.05) is 22.6 Å². The van der Waals surface area contributed by atoms with E-state index in [1.165, 1.54) is 0 Å². The van der Waals surface area contributed by atoms with Crippen molar-refractivity contribution in [2.75, 3.05) is 13.2 Å². The number of nitrogens with one attached hydrogen (secondary N) is 1. The molecule has 1 N–H and O–H groups in total. The van der Waals surface area contributed by atoms with Crippen molar-refractivity contribution in [2.45, 2.75) is 40.2 Å². The maximum Gasteiger partial charge on any atom is 0.325 e. The second-order valence-corrected chi connectivity index (χ2v) is 8.78. The average molecular weight is 460 g/mol. The van der Waals surface area contributed by atoms with Gasteiger partial charge in [-0.2, -0.15) is 0 Å². The first-order valence-electron chi connectivity index (χ1n) is 11.3. The summed E-state index contributed by atoms with van der Waals surface area (Å²) in [6.45, 7) is 9.60. The normalized spacial score (nSPS) is 17.7. The summed E-state index contributed by atoms with van der Waals surface area (Å²) in [5.74, 6) is 0.0529. The Labute approximate surface area is 199 Å². The summed E-state index contributed by atoms with van der Waals surface area (Å²) in [4.78, 5) is 40.2. The van der Waals surface area contributed by atoms with E-state index in [-0.39, 0.29) is 12.3 Å². The van der Waals surface area contributed by atoms with Crippen LogP contribution in [0.3, 0.4) is 0 Å². The fourth-order valence-electron chi connectivity index (χ4n) is 4.45. The molecular weight excluding hydrogens is 430 g/mol. The Hall–Kier alpha value is -3.87. The van der Waals surface area contributed by atoms with Gasteiger partial charge >= 0.3 is 6.03 Å². The van der Waals surface area contributed by atoms with Gasteiger partial charge in [-0.3, -0.25) is 14.5 Å². The van der Waals surface area contributed by atoms with Gasteiger partial charge in [-0.05, 0) is 70.5 Å². The van der Waals surface area contributed by atoms with Crippen LogP contribution in [-0.2, 0) is 10.3 Å². The number of nitrogens with zero attached hydrogens (tertiary/aromatic N) is 2. The van der Waals surface area contributed by atoms with Gasteiger partial charge in [-0.15, -0.1) is 0 Å². The number of ketones is 1. The van der Waals surface area contributed by atoms with Crippen molar-refractivity contribution < 1.29 is 19.1 Å². The van der Waals surface area contributed by atoms with E-state index in [1.54, 1.807) is 13.0 Å². The van der Waals surface area contributed by atoms with Crippen LogP contribution in [-0.4, -0.2) is 40.3 Å². The lowest BCUT2D eigenvalue weighted by molar-refractivity contribution is -0.130. The van der Waals surface area contributed by atoms with Crippen molar-refractivity contribution in [1.29, 1.82) is 0 Å². The highest BCUT2D eigenvalue weighted by Gasteiger charge is 2.49. The molecule has 0 aliphatic carbocycles. The zero-order chi connectivity index (χ0) is 24.6. The largest absolute Gasteiger partial charge is 0.494 e. The summed E-state index contributed by atoms with van der Waals surface area (Å²) in [6.07, 6.45) is 0. The van der Waals surface area contributed by atoms with Crippen molar-refractivity contribution in [3.05, 3.63) is 82.7 Å². The molecule has 1 atom stereocenters. The molecule has 7 heteroatoms. The molecule has 4 rings (SSSR count).